The normalized spacial score (nSPS) is 20.2. The van der Waals surface area contributed by atoms with E-state index in [1.165, 1.54) is 5.56 Å². The molecule has 0 bridgehead atoms. The number of ether oxygens (including phenoxy) is 1. The molecule has 4 heterocycles. The van der Waals surface area contributed by atoms with Gasteiger partial charge in [-0.1, -0.05) is 22.8 Å². The van der Waals surface area contributed by atoms with E-state index in [4.69, 9.17) is 20.9 Å². The van der Waals surface area contributed by atoms with Crippen molar-refractivity contribution in [1.82, 2.24) is 15.0 Å². The van der Waals surface area contributed by atoms with Crippen LogP contribution in [0.3, 0.4) is 0 Å². The van der Waals surface area contributed by atoms with Gasteiger partial charge in [0.1, 0.15) is 5.60 Å². The second-order valence-electron chi connectivity index (χ2n) is 9.97. The van der Waals surface area contributed by atoms with Crippen molar-refractivity contribution < 1.29 is 14.1 Å². The van der Waals surface area contributed by atoms with Crippen molar-refractivity contribution in [2.45, 2.75) is 39.5 Å². The number of benzene rings is 1. The highest BCUT2D eigenvalue weighted by atomic mass is 35.5. The number of hydrogen-bond donors (Lipinski definition) is 0. The van der Waals surface area contributed by atoms with Crippen molar-refractivity contribution in [3.63, 3.8) is 0 Å². The average molecular weight is 431 g/mol. The van der Waals surface area contributed by atoms with Gasteiger partial charge in [-0.2, -0.15) is 0 Å². The molecule has 7 nitrogen and oxygen atoms in total. The third-order valence-electron chi connectivity index (χ3n) is 5.99. The Kier molecular flexibility index (Phi) is 4.35. The van der Waals surface area contributed by atoms with Crippen molar-refractivity contribution >= 4 is 23.5 Å². The molecule has 0 aliphatic carbocycles. The Hall–Kier alpha value is -2.25. The first kappa shape index (κ1) is 19.7. The number of carbonyl (C=O) groups excluding carboxylic acids is 1. The lowest BCUT2D eigenvalue weighted by Crippen LogP contribution is -2.73. The van der Waals surface area contributed by atoms with Gasteiger partial charge in [-0.25, -0.2) is 4.79 Å². The van der Waals surface area contributed by atoms with Crippen molar-refractivity contribution in [3.05, 3.63) is 34.5 Å². The number of nitrogens with zero attached hydrogens (tertiary/aromatic N) is 4. The summed E-state index contributed by atoms with van der Waals surface area (Å²) >= 11 is 6.25. The van der Waals surface area contributed by atoms with Crippen LogP contribution in [0, 0.1) is 5.41 Å². The molecule has 0 atom stereocenters. The molecule has 160 valence electrons. The summed E-state index contributed by atoms with van der Waals surface area (Å²) in [5.74, 6) is 1.78. The molecule has 0 N–H and O–H groups in total. The zero-order valence-corrected chi connectivity index (χ0v) is 18.6. The fourth-order valence-corrected chi connectivity index (χ4v) is 4.96. The number of anilines is 1. The zero-order chi connectivity index (χ0) is 21.3. The molecule has 2 fully saturated rings. The molecule has 2 saturated heterocycles. The van der Waals surface area contributed by atoms with Gasteiger partial charge in [-0.3, -0.25) is 4.90 Å². The molecule has 3 aliphatic heterocycles. The maximum Gasteiger partial charge on any atom is 0.410 e. The van der Waals surface area contributed by atoms with Crippen molar-refractivity contribution in [1.29, 1.82) is 0 Å². The van der Waals surface area contributed by atoms with Gasteiger partial charge in [0.05, 0.1) is 12.1 Å². The van der Waals surface area contributed by atoms with Crippen LogP contribution in [0.15, 0.2) is 22.7 Å². The lowest BCUT2D eigenvalue weighted by Gasteiger charge is -2.59. The molecule has 30 heavy (non-hydrogen) atoms. The molecule has 8 heteroatoms. The number of rotatable bonds is 1. The molecule has 5 rings (SSSR count). The predicted octanol–water partition coefficient (Wildman–Crippen LogP) is 4.00. The van der Waals surface area contributed by atoms with Gasteiger partial charge < -0.3 is 19.1 Å². The molecular weight excluding hydrogens is 404 g/mol. The Bertz CT molecular complexity index is 998. The molecule has 1 aromatic carbocycles. The second kappa shape index (κ2) is 6.62. The molecule has 1 aromatic heterocycles. The summed E-state index contributed by atoms with van der Waals surface area (Å²) in [7, 11) is 2.07. The number of hydrogen-bond acceptors (Lipinski definition) is 6. The van der Waals surface area contributed by atoms with Gasteiger partial charge >= 0.3 is 6.09 Å². The topological polar surface area (TPSA) is 62.0 Å². The Morgan fingerprint density at radius 3 is 2.63 bits per heavy atom. The van der Waals surface area contributed by atoms with Gasteiger partial charge in [-0.05, 0) is 51.1 Å². The lowest BCUT2D eigenvalue weighted by atomic mass is 9.73. The van der Waals surface area contributed by atoms with Gasteiger partial charge in [0, 0.05) is 43.2 Å². The van der Waals surface area contributed by atoms with Gasteiger partial charge in [0.15, 0.2) is 11.6 Å². The first-order chi connectivity index (χ1) is 14.1. The molecule has 1 amide bonds. The van der Waals surface area contributed by atoms with Gasteiger partial charge in [0.25, 0.3) is 0 Å². The fraction of sp³-hybridized carbons (Fsp3) is 0.545. The average Bonchev–Trinajstić information content (AvgIpc) is 2.88. The van der Waals surface area contributed by atoms with Crippen LogP contribution in [0.2, 0.25) is 5.02 Å². The third kappa shape index (κ3) is 3.34. The van der Waals surface area contributed by atoms with E-state index in [0.29, 0.717) is 6.54 Å². The molecule has 0 radical (unpaired) electrons. The highest BCUT2D eigenvalue weighted by molar-refractivity contribution is 6.30. The Balaban J connectivity index is 1.33. The lowest BCUT2D eigenvalue weighted by molar-refractivity contribution is -0.0455. The monoisotopic (exact) mass is 430 g/mol. The van der Waals surface area contributed by atoms with Crippen LogP contribution in [0.25, 0.3) is 11.1 Å². The van der Waals surface area contributed by atoms with Crippen molar-refractivity contribution in [2.75, 3.05) is 38.1 Å². The zero-order valence-electron chi connectivity index (χ0n) is 17.9. The van der Waals surface area contributed by atoms with Gasteiger partial charge in [0.2, 0.25) is 0 Å². The summed E-state index contributed by atoms with van der Waals surface area (Å²) in [4.78, 5) is 18.5. The summed E-state index contributed by atoms with van der Waals surface area (Å²) in [5, 5.41) is 5.17. The highest BCUT2D eigenvalue weighted by Gasteiger charge is 2.55. The number of likely N-dealkylation sites (tertiary alicyclic amines) is 1. The summed E-state index contributed by atoms with van der Waals surface area (Å²) < 4.78 is 11.2. The standard InChI is InChI=1S/C22H27ClN4O3/c1-21(2,3)29-20(28)27-12-22(13-27)10-26(11-22)19-18-16-6-5-15(23)7-14(16)8-25(4)9-17(18)30-24-19/h5-7H,8-13H2,1-4H3. The van der Waals surface area contributed by atoms with Crippen LogP contribution in [0.4, 0.5) is 10.6 Å². The fourth-order valence-electron chi connectivity index (χ4n) is 4.77. The SMILES string of the molecule is CN1Cc2cc(Cl)ccc2-c2c(N3CC4(CN(C(=O)OC(C)(C)C)C4)C3)noc2C1. The molecule has 0 unspecified atom stereocenters. The van der Waals surface area contributed by atoms with Crippen LogP contribution in [0.1, 0.15) is 32.1 Å². The van der Waals surface area contributed by atoms with E-state index in [1.54, 1.807) is 4.90 Å². The first-order valence-corrected chi connectivity index (χ1v) is 10.7. The Morgan fingerprint density at radius 2 is 1.93 bits per heavy atom. The Morgan fingerprint density at radius 1 is 1.20 bits per heavy atom. The quantitative estimate of drug-likeness (QED) is 0.681. The van der Waals surface area contributed by atoms with E-state index in [2.05, 4.69) is 28.1 Å². The van der Waals surface area contributed by atoms with Crippen LogP contribution < -0.4 is 4.90 Å². The second-order valence-corrected chi connectivity index (χ2v) is 10.4. The summed E-state index contributed by atoms with van der Waals surface area (Å²) in [6.45, 7) is 10.4. The molecular formula is C22H27ClN4O3. The van der Waals surface area contributed by atoms with E-state index in [0.717, 1.165) is 60.5 Å². The Labute approximate surface area is 181 Å². The number of fused-ring (bicyclic) bond motifs is 3. The smallest absolute Gasteiger partial charge is 0.410 e. The van der Waals surface area contributed by atoms with E-state index >= 15 is 0 Å². The maximum absolute atomic E-state index is 12.3. The number of carbonyl (C=O) groups is 1. The minimum Gasteiger partial charge on any atom is -0.444 e. The number of aromatic nitrogens is 1. The minimum absolute atomic E-state index is 0.132. The predicted molar refractivity (Wildman–Crippen MR) is 115 cm³/mol. The summed E-state index contributed by atoms with van der Waals surface area (Å²) in [6.07, 6.45) is -0.226. The largest absolute Gasteiger partial charge is 0.444 e. The molecule has 3 aliphatic rings. The van der Waals surface area contributed by atoms with Crippen LogP contribution >= 0.6 is 11.6 Å². The maximum atomic E-state index is 12.3. The number of amides is 1. The van der Waals surface area contributed by atoms with Crippen LogP contribution in [0.5, 0.6) is 0 Å². The van der Waals surface area contributed by atoms with E-state index in [-0.39, 0.29) is 11.5 Å². The van der Waals surface area contributed by atoms with E-state index in [1.807, 2.05) is 32.9 Å². The summed E-state index contributed by atoms with van der Waals surface area (Å²) in [6, 6.07) is 6.02. The number of halogens is 1. The molecule has 0 saturated carbocycles. The summed E-state index contributed by atoms with van der Waals surface area (Å²) in [5.41, 5.74) is 3.06. The third-order valence-corrected chi connectivity index (χ3v) is 6.23. The molecule has 1 spiro atoms. The van der Waals surface area contributed by atoms with Crippen LogP contribution in [-0.4, -0.2) is 59.9 Å². The van der Waals surface area contributed by atoms with E-state index in [9.17, 15) is 4.79 Å². The molecule has 2 aromatic rings. The van der Waals surface area contributed by atoms with Crippen molar-refractivity contribution in [2.24, 2.45) is 5.41 Å². The first-order valence-electron chi connectivity index (χ1n) is 10.3. The minimum atomic E-state index is -0.465. The van der Waals surface area contributed by atoms with Crippen LogP contribution in [-0.2, 0) is 17.8 Å². The van der Waals surface area contributed by atoms with Crippen molar-refractivity contribution in [3.8, 4) is 11.1 Å². The van der Waals surface area contributed by atoms with Gasteiger partial charge in [-0.15, -0.1) is 0 Å². The highest BCUT2D eigenvalue weighted by Crippen LogP contribution is 2.47. The van der Waals surface area contributed by atoms with E-state index < -0.39 is 5.60 Å².